The van der Waals surface area contributed by atoms with Gasteiger partial charge in [0.1, 0.15) is 34.8 Å². The maximum absolute atomic E-state index is 13.2. The minimum Gasteiger partial charge on any atom is -1.00 e. The largest absolute Gasteiger partial charge is 1.00 e. The van der Waals surface area contributed by atoms with Crippen LogP contribution in [0.15, 0.2) is 61.0 Å². The van der Waals surface area contributed by atoms with Gasteiger partial charge >= 0.3 is 29.6 Å². The smallest absolute Gasteiger partial charge is 1.00 e. The summed E-state index contributed by atoms with van der Waals surface area (Å²) in [4.78, 5) is 0. The van der Waals surface area contributed by atoms with Crippen LogP contribution < -0.4 is 41.0 Å². The third-order valence-corrected chi connectivity index (χ3v) is 3.40. The first kappa shape index (κ1) is 29.2. The molecule has 0 aliphatic heterocycles. The molecule has 32 heavy (non-hydrogen) atoms. The molecule has 0 fully saturated rings. The molecule has 0 atom stereocenters. The fourth-order valence-corrected chi connectivity index (χ4v) is 2.01. The third kappa shape index (κ3) is 10.5. The van der Waals surface area contributed by atoms with Crippen molar-refractivity contribution < 1.29 is 53.3 Å². The summed E-state index contributed by atoms with van der Waals surface area (Å²) in [5.74, 6) is -1.72. The molecule has 4 N–H and O–H groups in total. The molecular formula is C21H22F4N5NaO. The van der Waals surface area contributed by atoms with E-state index in [1.54, 1.807) is 6.07 Å². The normalized spacial score (nSPS) is 9.53. The number of halogens is 4. The average molecular weight is 459 g/mol. The van der Waals surface area contributed by atoms with Crippen LogP contribution in [0, 0.1) is 34.6 Å². The number of allylic oxidation sites excluding steroid dienone is 1. The van der Waals surface area contributed by atoms with Gasteiger partial charge in [-0.15, -0.1) is 0 Å². The minimum absolute atomic E-state index is 0. The topological polar surface area (TPSA) is 103 Å². The zero-order chi connectivity index (χ0) is 23.2. The molecule has 166 valence electrons. The van der Waals surface area contributed by atoms with E-state index >= 15 is 0 Å². The van der Waals surface area contributed by atoms with E-state index in [1.807, 2.05) is 6.92 Å². The minimum atomic E-state index is -0.547. The number of nitrogens with zero attached hydrogens (tertiary/aromatic N) is 3. The van der Waals surface area contributed by atoms with Gasteiger partial charge in [-0.25, -0.2) is 22.2 Å². The number of hydrogen-bond donors (Lipinski definition) is 2. The van der Waals surface area contributed by atoms with Gasteiger partial charge in [-0.3, -0.25) is 0 Å². The standard InChI is InChI=1S/C9H7F2N3.C7H7F2N.C5H7NO.Na.H/c10-6-1-2-7(11)8(5-6)14-4-3-9(12)13-14;8-6-1-2-7(9)5(3-6)4-10;1-2-7-5-3-4-6;;/h1-5H,(H2,12,13);1-3H,4,10H2;3,5H,2H2,1H3;;/q;;;+1;-1/b;;5-3+;;. The number of nitrogen functional groups attached to an aromatic ring is 1. The van der Waals surface area contributed by atoms with E-state index < -0.39 is 23.3 Å². The maximum atomic E-state index is 13.2. The first-order valence-corrected chi connectivity index (χ1v) is 8.89. The molecular weight excluding hydrogens is 437 g/mol. The van der Waals surface area contributed by atoms with Crippen LogP contribution in [0.25, 0.3) is 5.69 Å². The van der Waals surface area contributed by atoms with E-state index in [1.165, 1.54) is 29.3 Å². The van der Waals surface area contributed by atoms with E-state index in [2.05, 4.69) is 9.84 Å². The first-order valence-electron chi connectivity index (χ1n) is 8.89. The molecule has 1 heterocycles. The third-order valence-electron chi connectivity index (χ3n) is 3.40. The number of nitriles is 1. The van der Waals surface area contributed by atoms with Crippen molar-refractivity contribution in [1.29, 1.82) is 5.26 Å². The Bertz CT molecular complexity index is 1040. The number of aromatic nitrogens is 2. The van der Waals surface area contributed by atoms with E-state index in [-0.39, 0.29) is 54.6 Å². The molecule has 0 saturated heterocycles. The van der Waals surface area contributed by atoms with Crippen molar-refractivity contribution in [2.75, 3.05) is 12.3 Å². The molecule has 11 heteroatoms. The maximum Gasteiger partial charge on any atom is 1.00 e. The number of rotatable bonds is 4. The van der Waals surface area contributed by atoms with Crippen LogP contribution in [-0.4, -0.2) is 16.4 Å². The molecule has 0 unspecified atom stereocenters. The molecule has 0 aliphatic carbocycles. The Morgan fingerprint density at radius 3 is 2.22 bits per heavy atom. The predicted molar refractivity (Wildman–Crippen MR) is 110 cm³/mol. The van der Waals surface area contributed by atoms with Gasteiger partial charge < -0.3 is 17.6 Å². The number of hydrogen-bond acceptors (Lipinski definition) is 5. The van der Waals surface area contributed by atoms with Gasteiger partial charge in [0, 0.05) is 30.4 Å². The summed E-state index contributed by atoms with van der Waals surface area (Å²) in [7, 11) is 0. The summed E-state index contributed by atoms with van der Waals surface area (Å²) < 4.78 is 56.7. The number of ether oxygens (including phenoxy) is 1. The van der Waals surface area contributed by atoms with Gasteiger partial charge in [0.2, 0.25) is 0 Å². The zero-order valence-corrected chi connectivity index (χ0v) is 19.6. The van der Waals surface area contributed by atoms with Crippen LogP contribution in [0.1, 0.15) is 13.9 Å². The summed E-state index contributed by atoms with van der Waals surface area (Å²) in [6.45, 7) is 2.52. The number of benzene rings is 2. The summed E-state index contributed by atoms with van der Waals surface area (Å²) in [5.41, 5.74) is 10.7. The molecule has 6 nitrogen and oxygen atoms in total. The molecule has 3 aromatic rings. The van der Waals surface area contributed by atoms with Crippen LogP contribution in [0.5, 0.6) is 0 Å². The Labute approximate surface area is 206 Å². The van der Waals surface area contributed by atoms with E-state index in [0.29, 0.717) is 6.61 Å². The van der Waals surface area contributed by atoms with Crippen LogP contribution in [0.4, 0.5) is 23.4 Å². The second-order valence-corrected chi connectivity index (χ2v) is 5.61. The van der Waals surface area contributed by atoms with Crippen LogP contribution in [0.2, 0.25) is 0 Å². The Morgan fingerprint density at radius 1 is 1.09 bits per heavy atom. The van der Waals surface area contributed by atoms with Gasteiger partial charge in [0.05, 0.1) is 25.0 Å². The van der Waals surface area contributed by atoms with Gasteiger partial charge in [0.25, 0.3) is 0 Å². The predicted octanol–water partition coefficient (Wildman–Crippen LogP) is 1.33. The van der Waals surface area contributed by atoms with Crippen molar-refractivity contribution in [3.63, 3.8) is 0 Å². The summed E-state index contributed by atoms with van der Waals surface area (Å²) in [6.07, 6.45) is 4.14. The van der Waals surface area contributed by atoms with Crippen molar-refractivity contribution in [2.45, 2.75) is 13.5 Å². The van der Waals surface area contributed by atoms with Crippen molar-refractivity contribution in [3.8, 4) is 11.8 Å². The van der Waals surface area contributed by atoms with E-state index in [0.717, 1.165) is 36.4 Å². The second-order valence-electron chi connectivity index (χ2n) is 5.61. The van der Waals surface area contributed by atoms with Crippen molar-refractivity contribution >= 4 is 5.82 Å². The second kappa shape index (κ2) is 15.9. The van der Waals surface area contributed by atoms with Gasteiger partial charge in [0.15, 0.2) is 0 Å². The molecule has 0 saturated carbocycles. The Morgan fingerprint density at radius 2 is 1.72 bits per heavy atom. The molecule has 0 aliphatic rings. The summed E-state index contributed by atoms with van der Waals surface area (Å²) >= 11 is 0. The zero-order valence-electron chi connectivity index (χ0n) is 18.6. The monoisotopic (exact) mass is 459 g/mol. The van der Waals surface area contributed by atoms with Gasteiger partial charge in [-0.2, -0.15) is 10.4 Å². The van der Waals surface area contributed by atoms with Crippen LogP contribution in [0.3, 0.4) is 0 Å². The Kier molecular flexibility index (Phi) is 14.5. The number of anilines is 1. The summed E-state index contributed by atoms with van der Waals surface area (Å²) in [5, 5.41) is 11.6. The quantitative estimate of drug-likeness (QED) is 0.265. The molecule has 0 bridgehead atoms. The molecule has 0 amide bonds. The van der Waals surface area contributed by atoms with Gasteiger partial charge in [-0.1, -0.05) is 0 Å². The van der Waals surface area contributed by atoms with Crippen LogP contribution in [-0.2, 0) is 11.3 Å². The Hall–Kier alpha value is -2.84. The fourth-order valence-electron chi connectivity index (χ4n) is 2.01. The Balaban J connectivity index is 0. The first-order chi connectivity index (χ1) is 14.8. The molecule has 3 rings (SSSR count). The molecule has 0 radical (unpaired) electrons. The summed E-state index contributed by atoms with van der Waals surface area (Å²) in [6, 6.07) is 9.67. The molecule has 1 aromatic heterocycles. The van der Waals surface area contributed by atoms with E-state index in [9.17, 15) is 17.6 Å². The molecule has 0 spiro atoms. The fraction of sp³-hybridized carbons (Fsp3) is 0.143. The van der Waals surface area contributed by atoms with Gasteiger partial charge in [-0.05, 0) is 37.3 Å². The van der Waals surface area contributed by atoms with Crippen molar-refractivity contribution in [3.05, 3.63) is 89.8 Å². The van der Waals surface area contributed by atoms with Crippen molar-refractivity contribution in [2.24, 2.45) is 5.73 Å². The average Bonchev–Trinajstić information content (AvgIpc) is 3.19. The van der Waals surface area contributed by atoms with Crippen molar-refractivity contribution in [1.82, 2.24) is 9.78 Å². The van der Waals surface area contributed by atoms with E-state index in [4.69, 9.17) is 16.7 Å². The molecule has 2 aromatic carbocycles. The van der Waals surface area contributed by atoms with Crippen LogP contribution >= 0.6 is 0 Å². The SMILES string of the molecule is CCO/C=C/C#N.NCc1cc(F)ccc1F.Nc1ccn(-c2cc(F)ccc2F)n1.[H-].[Na+]. The number of nitrogens with two attached hydrogens (primary N) is 2.